The first-order chi connectivity index (χ1) is 9.90. The van der Waals surface area contributed by atoms with E-state index in [0.29, 0.717) is 5.56 Å². The molecule has 0 radical (unpaired) electrons. The molecule has 0 spiro atoms. The predicted octanol–water partition coefficient (Wildman–Crippen LogP) is 4.55. The molecule has 2 aromatic carbocycles. The van der Waals surface area contributed by atoms with Gasteiger partial charge in [-0.15, -0.1) is 11.8 Å². The maximum absolute atomic E-state index is 13.8. The van der Waals surface area contributed by atoms with Crippen LogP contribution in [-0.4, -0.2) is 16.8 Å². The van der Waals surface area contributed by atoms with Gasteiger partial charge in [-0.3, -0.25) is 4.79 Å². The van der Waals surface area contributed by atoms with Crippen LogP contribution in [0.3, 0.4) is 0 Å². The highest BCUT2D eigenvalue weighted by Crippen LogP contribution is 2.36. The standard InChI is InChI=1S/C17H17FO2S/c1-17(2,21-11-16(19)20)13-9-7-12(8-10-13)14-5-3-4-6-15(14)18/h3-10H,11H2,1-2H3,(H,19,20). The molecule has 0 aromatic heterocycles. The number of carboxylic acid groups (broad SMARTS) is 1. The van der Waals surface area contributed by atoms with Crippen LogP contribution in [0.25, 0.3) is 11.1 Å². The van der Waals surface area contributed by atoms with Crippen molar-refractivity contribution in [2.75, 3.05) is 5.75 Å². The van der Waals surface area contributed by atoms with E-state index in [-0.39, 0.29) is 16.3 Å². The average Bonchev–Trinajstić information content (AvgIpc) is 2.46. The van der Waals surface area contributed by atoms with E-state index >= 15 is 0 Å². The third kappa shape index (κ3) is 3.85. The molecule has 0 aliphatic rings. The fraction of sp³-hybridized carbons (Fsp3) is 0.235. The van der Waals surface area contributed by atoms with Crippen molar-refractivity contribution in [3.05, 3.63) is 59.9 Å². The van der Waals surface area contributed by atoms with Gasteiger partial charge in [-0.2, -0.15) is 0 Å². The summed E-state index contributed by atoms with van der Waals surface area (Å²) in [6.07, 6.45) is 0. The minimum Gasteiger partial charge on any atom is -0.481 e. The second kappa shape index (κ2) is 6.31. The van der Waals surface area contributed by atoms with E-state index in [4.69, 9.17) is 5.11 Å². The highest BCUT2D eigenvalue weighted by molar-refractivity contribution is 8.00. The Morgan fingerprint density at radius 3 is 2.33 bits per heavy atom. The molecule has 0 saturated heterocycles. The number of hydrogen-bond acceptors (Lipinski definition) is 2. The van der Waals surface area contributed by atoms with E-state index in [1.807, 2.05) is 38.1 Å². The third-order valence-corrected chi connectivity index (χ3v) is 4.67. The van der Waals surface area contributed by atoms with Gasteiger partial charge in [0.2, 0.25) is 0 Å². The fourth-order valence-corrected chi connectivity index (χ4v) is 2.86. The molecule has 2 nitrogen and oxygen atoms in total. The Balaban J connectivity index is 2.23. The van der Waals surface area contributed by atoms with Gasteiger partial charge in [-0.25, -0.2) is 4.39 Å². The topological polar surface area (TPSA) is 37.3 Å². The lowest BCUT2D eigenvalue weighted by atomic mass is 9.98. The molecule has 0 bridgehead atoms. The van der Waals surface area contributed by atoms with Crippen LogP contribution in [0.5, 0.6) is 0 Å². The number of rotatable bonds is 5. The Morgan fingerprint density at radius 2 is 1.76 bits per heavy atom. The molecule has 4 heteroatoms. The summed E-state index contributed by atoms with van der Waals surface area (Å²) in [6, 6.07) is 14.3. The molecule has 2 rings (SSSR count). The molecular weight excluding hydrogens is 287 g/mol. The lowest BCUT2D eigenvalue weighted by Crippen LogP contribution is -2.15. The third-order valence-electron chi connectivity index (χ3n) is 3.32. The van der Waals surface area contributed by atoms with Crippen molar-refractivity contribution in [2.24, 2.45) is 0 Å². The zero-order chi connectivity index (χ0) is 15.5. The summed E-state index contributed by atoms with van der Waals surface area (Å²) in [5, 5.41) is 8.78. The maximum Gasteiger partial charge on any atom is 0.313 e. The quantitative estimate of drug-likeness (QED) is 0.880. The average molecular weight is 304 g/mol. The monoisotopic (exact) mass is 304 g/mol. The van der Waals surface area contributed by atoms with Gasteiger partial charge in [0.1, 0.15) is 5.82 Å². The smallest absolute Gasteiger partial charge is 0.313 e. The van der Waals surface area contributed by atoms with E-state index in [1.165, 1.54) is 17.8 Å². The predicted molar refractivity (Wildman–Crippen MR) is 85.0 cm³/mol. The van der Waals surface area contributed by atoms with E-state index in [1.54, 1.807) is 18.2 Å². The zero-order valence-corrected chi connectivity index (χ0v) is 12.8. The molecular formula is C17H17FO2S. The number of halogens is 1. The van der Waals surface area contributed by atoms with Crippen molar-refractivity contribution in [1.82, 2.24) is 0 Å². The van der Waals surface area contributed by atoms with Crippen molar-refractivity contribution in [1.29, 1.82) is 0 Å². The summed E-state index contributed by atoms with van der Waals surface area (Å²) < 4.78 is 13.5. The van der Waals surface area contributed by atoms with Crippen LogP contribution in [0.4, 0.5) is 4.39 Å². The van der Waals surface area contributed by atoms with Crippen LogP contribution >= 0.6 is 11.8 Å². The van der Waals surface area contributed by atoms with Crippen LogP contribution < -0.4 is 0 Å². The number of aliphatic carboxylic acids is 1. The Morgan fingerprint density at radius 1 is 1.14 bits per heavy atom. The lowest BCUT2D eigenvalue weighted by molar-refractivity contribution is -0.133. The van der Waals surface area contributed by atoms with E-state index in [2.05, 4.69) is 0 Å². The first kappa shape index (κ1) is 15.6. The molecule has 0 fully saturated rings. The molecule has 0 heterocycles. The molecule has 0 saturated carbocycles. The lowest BCUT2D eigenvalue weighted by Gasteiger charge is -2.24. The number of hydrogen-bond donors (Lipinski definition) is 1. The van der Waals surface area contributed by atoms with Crippen LogP contribution in [0.1, 0.15) is 19.4 Å². The minimum absolute atomic E-state index is 0.0576. The Labute approximate surface area is 128 Å². The van der Waals surface area contributed by atoms with Crippen molar-refractivity contribution in [2.45, 2.75) is 18.6 Å². The number of carbonyl (C=O) groups is 1. The van der Waals surface area contributed by atoms with Crippen LogP contribution in [0.15, 0.2) is 48.5 Å². The first-order valence-corrected chi connectivity index (χ1v) is 7.60. The Hall–Kier alpha value is -1.81. The number of thioether (sulfide) groups is 1. The summed E-state index contributed by atoms with van der Waals surface area (Å²) in [6.45, 7) is 3.97. The second-order valence-electron chi connectivity index (χ2n) is 5.25. The van der Waals surface area contributed by atoms with E-state index in [9.17, 15) is 9.18 Å². The molecule has 0 aliphatic carbocycles. The molecule has 110 valence electrons. The van der Waals surface area contributed by atoms with Gasteiger partial charge in [-0.1, -0.05) is 42.5 Å². The van der Waals surface area contributed by atoms with Crippen LogP contribution in [-0.2, 0) is 9.54 Å². The van der Waals surface area contributed by atoms with Gasteiger partial charge in [0.05, 0.1) is 5.75 Å². The highest BCUT2D eigenvalue weighted by Gasteiger charge is 2.22. The zero-order valence-electron chi connectivity index (χ0n) is 12.0. The van der Waals surface area contributed by atoms with Gasteiger partial charge in [-0.05, 0) is 31.0 Å². The van der Waals surface area contributed by atoms with Crippen molar-refractivity contribution < 1.29 is 14.3 Å². The molecule has 2 aromatic rings. The van der Waals surface area contributed by atoms with Gasteiger partial charge in [0.25, 0.3) is 0 Å². The number of benzene rings is 2. The van der Waals surface area contributed by atoms with Crippen molar-refractivity contribution >= 4 is 17.7 Å². The minimum atomic E-state index is -0.823. The highest BCUT2D eigenvalue weighted by atomic mass is 32.2. The molecule has 1 N–H and O–H groups in total. The maximum atomic E-state index is 13.8. The second-order valence-corrected chi connectivity index (χ2v) is 6.85. The van der Waals surface area contributed by atoms with Crippen LogP contribution in [0, 0.1) is 5.82 Å². The molecule has 0 aliphatic heterocycles. The summed E-state index contributed by atoms with van der Waals surface area (Å²) in [5.41, 5.74) is 2.41. The number of carboxylic acids is 1. The van der Waals surface area contributed by atoms with E-state index < -0.39 is 5.97 Å². The SMILES string of the molecule is CC(C)(SCC(=O)O)c1ccc(-c2ccccc2F)cc1. The van der Waals surface area contributed by atoms with Gasteiger partial charge >= 0.3 is 5.97 Å². The van der Waals surface area contributed by atoms with Gasteiger partial charge in [0, 0.05) is 10.3 Å². The van der Waals surface area contributed by atoms with Gasteiger partial charge in [0.15, 0.2) is 0 Å². The Bertz CT molecular complexity index is 635. The summed E-state index contributed by atoms with van der Waals surface area (Å²) in [4.78, 5) is 10.7. The summed E-state index contributed by atoms with van der Waals surface area (Å²) in [7, 11) is 0. The summed E-state index contributed by atoms with van der Waals surface area (Å²) in [5.74, 6) is -1.01. The van der Waals surface area contributed by atoms with Crippen molar-refractivity contribution in [3.63, 3.8) is 0 Å². The molecule has 0 amide bonds. The largest absolute Gasteiger partial charge is 0.481 e. The molecule has 21 heavy (non-hydrogen) atoms. The van der Waals surface area contributed by atoms with E-state index in [0.717, 1.165) is 11.1 Å². The Kier molecular flexibility index (Phi) is 4.68. The molecule has 0 unspecified atom stereocenters. The first-order valence-electron chi connectivity index (χ1n) is 6.61. The van der Waals surface area contributed by atoms with Crippen molar-refractivity contribution in [3.8, 4) is 11.1 Å². The fourth-order valence-electron chi connectivity index (χ4n) is 2.07. The summed E-state index contributed by atoms with van der Waals surface area (Å²) >= 11 is 1.37. The molecule has 0 atom stereocenters. The van der Waals surface area contributed by atoms with Gasteiger partial charge < -0.3 is 5.11 Å². The van der Waals surface area contributed by atoms with Crippen LogP contribution in [0.2, 0.25) is 0 Å². The normalized spacial score (nSPS) is 11.4.